The largest absolute Gasteiger partial charge is 0.482 e. The van der Waals surface area contributed by atoms with Crippen molar-refractivity contribution in [2.45, 2.75) is 40.2 Å². The fourth-order valence-corrected chi connectivity index (χ4v) is 3.41. The number of ether oxygens (including phenoxy) is 1. The first-order valence-corrected chi connectivity index (χ1v) is 9.67. The van der Waals surface area contributed by atoms with Gasteiger partial charge in [0, 0.05) is 30.2 Å². The van der Waals surface area contributed by atoms with Crippen LogP contribution in [-0.4, -0.2) is 41.3 Å². The Balaban J connectivity index is 1.57. The molecule has 3 rings (SSSR count). The van der Waals surface area contributed by atoms with Gasteiger partial charge in [-0.15, -0.1) is 0 Å². The Bertz CT molecular complexity index is 909. The van der Waals surface area contributed by atoms with E-state index in [2.05, 4.69) is 10.4 Å². The molecular formula is C20H25ClN4O3. The van der Waals surface area contributed by atoms with Crippen LogP contribution in [0.2, 0.25) is 5.02 Å². The molecule has 1 N–H and O–H groups in total. The van der Waals surface area contributed by atoms with Crippen molar-refractivity contribution in [3.05, 3.63) is 40.2 Å². The van der Waals surface area contributed by atoms with Gasteiger partial charge in [0.15, 0.2) is 6.61 Å². The minimum atomic E-state index is -0.186. The number of aryl methyl sites for hydroxylation is 1. The predicted octanol–water partition coefficient (Wildman–Crippen LogP) is 2.95. The Labute approximate surface area is 169 Å². The topological polar surface area (TPSA) is 76.5 Å². The summed E-state index contributed by atoms with van der Waals surface area (Å²) in [5, 5.41) is 7.98. The molecule has 1 aliphatic rings. The van der Waals surface area contributed by atoms with Gasteiger partial charge in [-0.3, -0.25) is 14.3 Å². The quantitative estimate of drug-likeness (QED) is 0.803. The van der Waals surface area contributed by atoms with Crippen LogP contribution in [0.15, 0.2) is 18.2 Å². The third kappa shape index (κ3) is 4.14. The summed E-state index contributed by atoms with van der Waals surface area (Å²) >= 11 is 6.04. The second-order valence-electron chi connectivity index (χ2n) is 7.09. The number of nitrogens with one attached hydrogen (secondary N) is 1. The lowest BCUT2D eigenvalue weighted by Crippen LogP contribution is -2.41. The molecule has 1 aromatic heterocycles. The zero-order valence-corrected chi connectivity index (χ0v) is 17.3. The Morgan fingerprint density at radius 1 is 1.36 bits per heavy atom. The van der Waals surface area contributed by atoms with Crippen LogP contribution in [-0.2, 0) is 9.59 Å². The first kappa shape index (κ1) is 20.2. The van der Waals surface area contributed by atoms with Crippen molar-refractivity contribution >= 4 is 29.1 Å². The van der Waals surface area contributed by atoms with Crippen LogP contribution < -0.4 is 15.0 Å². The van der Waals surface area contributed by atoms with E-state index in [0.717, 1.165) is 11.4 Å². The van der Waals surface area contributed by atoms with Crippen molar-refractivity contribution in [3.63, 3.8) is 0 Å². The Kier molecular flexibility index (Phi) is 5.93. The monoisotopic (exact) mass is 404 g/mol. The molecule has 0 unspecified atom stereocenters. The standard InChI is InChI=1S/C20H25ClN4O3/c1-12(25-15(4)13(2)14(3)23-25)10-22-19(26)7-8-24-17-9-16(21)5-6-18(17)28-11-20(24)27/h5-6,9,12H,7-8,10-11H2,1-4H3,(H,22,26)/t12-/m0/s1. The van der Waals surface area contributed by atoms with E-state index in [-0.39, 0.29) is 37.4 Å². The van der Waals surface area contributed by atoms with Gasteiger partial charge >= 0.3 is 0 Å². The van der Waals surface area contributed by atoms with E-state index in [1.54, 1.807) is 23.1 Å². The molecule has 8 heteroatoms. The summed E-state index contributed by atoms with van der Waals surface area (Å²) in [6, 6.07) is 5.17. The highest BCUT2D eigenvalue weighted by atomic mass is 35.5. The molecule has 28 heavy (non-hydrogen) atoms. The summed E-state index contributed by atoms with van der Waals surface area (Å²) in [4.78, 5) is 26.1. The average molecular weight is 405 g/mol. The molecule has 0 spiro atoms. The van der Waals surface area contributed by atoms with Gasteiger partial charge in [-0.2, -0.15) is 5.10 Å². The number of carbonyl (C=O) groups is 2. The number of halogens is 1. The van der Waals surface area contributed by atoms with Gasteiger partial charge < -0.3 is 15.0 Å². The minimum absolute atomic E-state index is 0.0371. The minimum Gasteiger partial charge on any atom is -0.482 e. The molecule has 1 atom stereocenters. The summed E-state index contributed by atoms with van der Waals surface area (Å²) in [6.07, 6.45) is 0.195. The molecule has 0 aliphatic carbocycles. The summed E-state index contributed by atoms with van der Waals surface area (Å²) in [6.45, 7) is 8.78. The van der Waals surface area contributed by atoms with E-state index in [1.807, 2.05) is 32.4 Å². The third-order valence-corrected chi connectivity index (χ3v) is 5.36. The fourth-order valence-electron chi connectivity index (χ4n) is 3.24. The maximum Gasteiger partial charge on any atom is 0.265 e. The van der Waals surface area contributed by atoms with E-state index in [0.29, 0.717) is 23.0 Å². The van der Waals surface area contributed by atoms with Crippen molar-refractivity contribution < 1.29 is 14.3 Å². The van der Waals surface area contributed by atoms with Crippen molar-refractivity contribution in [1.29, 1.82) is 0 Å². The van der Waals surface area contributed by atoms with Crippen molar-refractivity contribution in [1.82, 2.24) is 15.1 Å². The normalized spacial score (nSPS) is 14.5. The van der Waals surface area contributed by atoms with Gasteiger partial charge in [0.05, 0.1) is 17.4 Å². The van der Waals surface area contributed by atoms with Gasteiger partial charge in [0.2, 0.25) is 5.91 Å². The fraction of sp³-hybridized carbons (Fsp3) is 0.450. The number of anilines is 1. The first-order valence-electron chi connectivity index (χ1n) is 9.29. The second-order valence-corrected chi connectivity index (χ2v) is 7.53. The Morgan fingerprint density at radius 2 is 2.11 bits per heavy atom. The molecule has 7 nitrogen and oxygen atoms in total. The molecule has 2 heterocycles. The third-order valence-electron chi connectivity index (χ3n) is 5.13. The summed E-state index contributed by atoms with van der Waals surface area (Å²) in [7, 11) is 0. The van der Waals surface area contributed by atoms with Crippen LogP contribution in [0.25, 0.3) is 0 Å². The molecule has 0 saturated heterocycles. The van der Waals surface area contributed by atoms with E-state index in [1.165, 1.54) is 5.56 Å². The van der Waals surface area contributed by atoms with E-state index >= 15 is 0 Å². The molecule has 0 bridgehead atoms. The lowest BCUT2D eigenvalue weighted by Gasteiger charge is -2.29. The SMILES string of the molecule is Cc1nn([C@@H](C)CNC(=O)CCN2C(=O)COc3ccc(Cl)cc32)c(C)c1C. The smallest absolute Gasteiger partial charge is 0.265 e. The number of hydrogen-bond acceptors (Lipinski definition) is 4. The molecule has 2 amide bonds. The Morgan fingerprint density at radius 3 is 2.79 bits per heavy atom. The van der Waals surface area contributed by atoms with Gasteiger partial charge in [-0.25, -0.2) is 0 Å². The molecule has 2 aromatic rings. The molecule has 1 aromatic carbocycles. The highest BCUT2D eigenvalue weighted by Gasteiger charge is 2.26. The number of nitrogens with zero attached hydrogens (tertiary/aromatic N) is 3. The number of hydrogen-bond donors (Lipinski definition) is 1. The maximum atomic E-state index is 12.3. The summed E-state index contributed by atoms with van der Waals surface area (Å²) in [5.41, 5.74) is 3.87. The highest BCUT2D eigenvalue weighted by molar-refractivity contribution is 6.31. The number of aromatic nitrogens is 2. The molecule has 1 aliphatic heterocycles. The van der Waals surface area contributed by atoms with Gasteiger partial charge in [0.25, 0.3) is 5.91 Å². The lowest BCUT2D eigenvalue weighted by molar-refractivity contribution is -0.122. The predicted molar refractivity (Wildman–Crippen MR) is 108 cm³/mol. The zero-order valence-electron chi connectivity index (χ0n) is 16.6. The number of benzene rings is 1. The zero-order chi connectivity index (χ0) is 20.4. The summed E-state index contributed by atoms with van der Waals surface area (Å²) in [5.74, 6) is 0.292. The van der Waals surface area contributed by atoms with Crippen LogP contribution in [0.1, 0.15) is 36.3 Å². The van der Waals surface area contributed by atoms with Gasteiger partial charge in [-0.1, -0.05) is 11.6 Å². The van der Waals surface area contributed by atoms with Crippen LogP contribution >= 0.6 is 11.6 Å². The van der Waals surface area contributed by atoms with Crippen LogP contribution in [0.5, 0.6) is 5.75 Å². The van der Waals surface area contributed by atoms with Crippen molar-refractivity contribution in [2.75, 3.05) is 24.6 Å². The number of carbonyl (C=O) groups excluding carboxylic acids is 2. The Hall–Kier alpha value is -2.54. The van der Waals surface area contributed by atoms with Crippen LogP contribution in [0, 0.1) is 20.8 Å². The van der Waals surface area contributed by atoms with E-state index in [4.69, 9.17) is 16.3 Å². The van der Waals surface area contributed by atoms with Gasteiger partial charge in [0.1, 0.15) is 5.75 Å². The summed E-state index contributed by atoms with van der Waals surface area (Å²) < 4.78 is 7.36. The average Bonchev–Trinajstić information content (AvgIpc) is 2.92. The van der Waals surface area contributed by atoms with E-state index in [9.17, 15) is 9.59 Å². The molecule has 0 radical (unpaired) electrons. The number of fused-ring (bicyclic) bond motifs is 1. The second kappa shape index (κ2) is 8.22. The molecule has 0 fully saturated rings. The number of rotatable bonds is 6. The maximum absolute atomic E-state index is 12.3. The highest BCUT2D eigenvalue weighted by Crippen LogP contribution is 2.34. The van der Waals surface area contributed by atoms with Crippen molar-refractivity contribution in [2.24, 2.45) is 0 Å². The molecule has 150 valence electrons. The van der Waals surface area contributed by atoms with Crippen molar-refractivity contribution in [3.8, 4) is 5.75 Å². The van der Waals surface area contributed by atoms with Crippen LogP contribution in [0.3, 0.4) is 0 Å². The number of amides is 2. The van der Waals surface area contributed by atoms with E-state index < -0.39 is 0 Å². The lowest BCUT2D eigenvalue weighted by atomic mass is 10.2. The van der Waals surface area contributed by atoms with Crippen LogP contribution in [0.4, 0.5) is 5.69 Å². The molecule has 0 saturated carbocycles. The molecular weight excluding hydrogens is 380 g/mol. The van der Waals surface area contributed by atoms with Gasteiger partial charge in [-0.05, 0) is 51.5 Å². The first-order chi connectivity index (χ1) is 13.3.